The van der Waals surface area contributed by atoms with Gasteiger partial charge in [-0.25, -0.2) is 0 Å². The largest absolute Gasteiger partial charge is 0.338 e. The van der Waals surface area contributed by atoms with Crippen LogP contribution >= 0.6 is 0 Å². The summed E-state index contributed by atoms with van der Waals surface area (Å²) in [5.74, 6) is 0.576. The van der Waals surface area contributed by atoms with Gasteiger partial charge in [0.25, 0.3) is 0 Å². The Morgan fingerprint density at radius 3 is 1.72 bits per heavy atom. The number of aryl methyl sites for hydroxylation is 2. The van der Waals surface area contributed by atoms with Gasteiger partial charge >= 0.3 is 0 Å². The van der Waals surface area contributed by atoms with Gasteiger partial charge in [-0.2, -0.15) is 0 Å². The first-order valence-electron chi connectivity index (χ1n) is 18.0. The maximum Gasteiger partial charge on any atom is 0.0450 e. The summed E-state index contributed by atoms with van der Waals surface area (Å²) in [7, 11) is 0. The van der Waals surface area contributed by atoms with E-state index in [1.807, 2.05) is 0 Å². The van der Waals surface area contributed by atoms with E-state index in [1.54, 1.807) is 0 Å². The second kappa shape index (κ2) is 14.1. The van der Waals surface area contributed by atoms with Crippen LogP contribution in [0.1, 0.15) is 75.3 Å². The molecule has 6 aromatic carbocycles. The fourth-order valence-corrected chi connectivity index (χ4v) is 7.86. The predicted molar refractivity (Wildman–Crippen MR) is 214 cm³/mol. The Hall–Kier alpha value is -5.66. The highest BCUT2D eigenvalue weighted by atomic mass is 15.2. The van der Waals surface area contributed by atoms with Gasteiger partial charge in [-0.15, -0.1) is 0 Å². The Labute approximate surface area is 297 Å². The van der Waals surface area contributed by atoms with E-state index in [4.69, 9.17) is 0 Å². The average molecular weight is 646 g/mol. The Morgan fingerprint density at radius 2 is 1.12 bits per heavy atom. The van der Waals surface area contributed by atoms with Gasteiger partial charge in [-0.05, 0) is 107 Å². The number of allylic oxidation sites excluding steroid dienone is 2. The molecule has 1 saturated carbocycles. The van der Waals surface area contributed by atoms with E-state index in [9.17, 15) is 0 Å². The number of nitrogens with zero attached hydrogens (tertiary/aromatic N) is 1. The molecule has 2 aliphatic rings. The zero-order valence-electron chi connectivity index (χ0n) is 29.0. The van der Waals surface area contributed by atoms with Crippen molar-refractivity contribution in [2.75, 3.05) is 4.90 Å². The second-order valence-electron chi connectivity index (χ2n) is 13.8. The maximum atomic E-state index is 2.62. The molecule has 1 aliphatic heterocycles. The summed E-state index contributed by atoms with van der Waals surface area (Å²) in [5, 5.41) is 0. The van der Waals surface area contributed by atoms with Crippen molar-refractivity contribution in [2.45, 2.75) is 45.1 Å². The molecule has 2 unspecified atom stereocenters. The molecule has 0 amide bonds. The minimum Gasteiger partial charge on any atom is -0.338 e. The first kappa shape index (κ1) is 31.6. The van der Waals surface area contributed by atoms with Crippen LogP contribution < -0.4 is 4.90 Å². The van der Waals surface area contributed by atoms with E-state index in [1.165, 1.54) is 91.9 Å². The van der Waals surface area contributed by atoms with E-state index in [2.05, 4.69) is 195 Å². The highest BCUT2D eigenvalue weighted by Gasteiger charge is 2.42. The standard InChI is InChI=1S/C49H43N/c1-35-19-26-41(27-20-35)44(42-28-21-36(2)22-29-42)16-9-11-37-25-32-49-47(34-37)45-17-10-18-48(45)50(49)43-30-23-38(24-31-43)33-46(39-12-5-3-6-13-39)40-14-7-4-8-15-40/h3-9,11-16,19-34,45,48H,10,17-18H2,1-2H3. The molecule has 1 heterocycles. The van der Waals surface area contributed by atoms with Crippen molar-refractivity contribution in [2.24, 2.45) is 0 Å². The van der Waals surface area contributed by atoms with E-state index in [0.29, 0.717) is 12.0 Å². The van der Waals surface area contributed by atoms with Crippen molar-refractivity contribution in [1.82, 2.24) is 0 Å². The van der Waals surface area contributed by atoms with Gasteiger partial charge in [-0.1, -0.05) is 163 Å². The van der Waals surface area contributed by atoms with Crippen LogP contribution in [0.2, 0.25) is 0 Å². The summed E-state index contributed by atoms with van der Waals surface area (Å²) in [5.41, 5.74) is 16.6. The minimum atomic E-state index is 0.518. The monoisotopic (exact) mass is 645 g/mol. The molecule has 1 fully saturated rings. The third-order valence-electron chi connectivity index (χ3n) is 10.5. The second-order valence-corrected chi connectivity index (χ2v) is 13.8. The van der Waals surface area contributed by atoms with Crippen LogP contribution in [-0.2, 0) is 0 Å². The summed E-state index contributed by atoms with van der Waals surface area (Å²) in [6, 6.07) is 55.9. The van der Waals surface area contributed by atoms with Crippen molar-refractivity contribution >= 4 is 34.7 Å². The molecule has 1 aliphatic carbocycles. The van der Waals surface area contributed by atoms with Crippen LogP contribution in [0.4, 0.5) is 11.4 Å². The highest BCUT2D eigenvalue weighted by Crippen LogP contribution is 2.52. The fourth-order valence-electron chi connectivity index (χ4n) is 7.86. The van der Waals surface area contributed by atoms with Gasteiger partial charge in [0.15, 0.2) is 0 Å². The molecule has 0 bridgehead atoms. The van der Waals surface area contributed by atoms with Crippen LogP contribution in [0.25, 0.3) is 23.3 Å². The van der Waals surface area contributed by atoms with Crippen molar-refractivity contribution < 1.29 is 0 Å². The highest BCUT2D eigenvalue weighted by molar-refractivity contribution is 5.91. The molecular formula is C49H43N. The number of benzene rings is 6. The maximum absolute atomic E-state index is 2.62. The van der Waals surface area contributed by atoms with Crippen LogP contribution in [0.3, 0.4) is 0 Å². The summed E-state index contributed by atoms with van der Waals surface area (Å²) in [4.78, 5) is 2.62. The first-order chi connectivity index (χ1) is 24.6. The first-order valence-corrected chi connectivity index (χ1v) is 18.0. The van der Waals surface area contributed by atoms with Crippen LogP contribution in [0, 0.1) is 13.8 Å². The van der Waals surface area contributed by atoms with E-state index >= 15 is 0 Å². The number of fused-ring (bicyclic) bond motifs is 3. The third kappa shape index (κ3) is 6.52. The van der Waals surface area contributed by atoms with E-state index in [0.717, 1.165) is 0 Å². The predicted octanol–water partition coefficient (Wildman–Crippen LogP) is 12.8. The van der Waals surface area contributed by atoms with Crippen molar-refractivity contribution in [3.63, 3.8) is 0 Å². The molecule has 0 N–H and O–H groups in total. The molecule has 6 aromatic rings. The lowest BCUT2D eigenvalue weighted by Gasteiger charge is -2.27. The van der Waals surface area contributed by atoms with Gasteiger partial charge in [0.05, 0.1) is 0 Å². The smallest absolute Gasteiger partial charge is 0.0450 e. The molecule has 50 heavy (non-hydrogen) atoms. The summed E-state index contributed by atoms with van der Waals surface area (Å²) in [6.07, 6.45) is 12.9. The Balaban J connectivity index is 1.08. The molecule has 1 heteroatoms. The molecule has 8 rings (SSSR count). The molecule has 0 radical (unpaired) electrons. The lowest BCUT2D eigenvalue weighted by Crippen LogP contribution is -2.26. The van der Waals surface area contributed by atoms with Crippen molar-refractivity contribution in [3.8, 4) is 0 Å². The number of anilines is 2. The minimum absolute atomic E-state index is 0.518. The lowest BCUT2D eigenvalue weighted by molar-refractivity contribution is 0.642. The van der Waals surface area contributed by atoms with Crippen LogP contribution in [-0.4, -0.2) is 6.04 Å². The SMILES string of the molecule is Cc1ccc(C(=CC=Cc2ccc3c(c2)C2CCCC2N3c2ccc(C=C(c3ccccc3)c3ccccc3)cc2)c2ccc(C)cc2)cc1. The lowest BCUT2D eigenvalue weighted by atomic mass is 9.95. The number of hydrogen-bond acceptors (Lipinski definition) is 1. The molecular weight excluding hydrogens is 603 g/mol. The normalized spacial score (nSPS) is 16.2. The zero-order chi connectivity index (χ0) is 33.9. The average Bonchev–Trinajstić information content (AvgIpc) is 3.76. The van der Waals surface area contributed by atoms with Crippen LogP contribution in [0.5, 0.6) is 0 Å². The summed E-state index contributed by atoms with van der Waals surface area (Å²) in [6.45, 7) is 4.29. The van der Waals surface area contributed by atoms with Crippen molar-refractivity contribution in [3.05, 3.63) is 214 Å². The quantitative estimate of drug-likeness (QED) is 0.118. The molecule has 0 spiro atoms. The van der Waals surface area contributed by atoms with E-state index in [-0.39, 0.29) is 0 Å². The van der Waals surface area contributed by atoms with Gasteiger partial charge < -0.3 is 4.90 Å². The molecule has 2 atom stereocenters. The Bertz CT molecular complexity index is 2080. The molecule has 1 nitrogen and oxygen atoms in total. The summed E-state index contributed by atoms with van der Waals surface area (Å²) >= 11 is 0. The van der Waals surface area contributed by atoms with Gasteiger partial charge in [0.1, 0.15) is 0 Å². The fraction of sp³-hybridized carbons (Fsp3) is 0.143. The van der Waals surface area contributed by atoms with Gasteiger partial charge in [0.2, 0.25) is 0 Å². The number of hydrogen-bond donors (Lipinski definition) is 0. The zero-order valence-corrected chi connectivity index (χ0v) is 29.0. The van der Waals surface area contributed by atoms with Crippen molar-refractivity contribution in [1.29, 1.82) is 0 Å². The van der Waals surface area contributed by atoms with Gasteiger partial charge in [-0.3, -0.25) is 0 Å². The number of rotatable bonds is 8. The Kier molecular flexibility index (Phi) is 8.88. The summed E-state index contributed by atoms with van der Waals surface area (Å²) < 4.78 is 0. The molecule has 244 valence electrons. The molecule has 0 aromatic heterocycles. The molecule has 0 saturated heterocycles. The van der Waals surface area contributed by atoms with Gasteiger partial charge in [0, 0.05) is 23.3 Å². The topological polar surface area (TPSA) is 3.24 Å². The van der Waals surface area contributed by atoms with Crippen LogP contribution in [0.15, 0.2) is 164 Å². The Morgan fingerprint density at radius 1 is 0.560 bits per heavy atom. The van der Waals surface area contributed by atoms with E-state index < -0.39 is 0 Å². The third-order valence-corrected chi connectivity index (χ3v) is 10.5.